The van der Waals surface area contributed by atoms with Crippen molar-refractivity contribution in [1.29, 1.82) is 0 Å². The van der Waals surface area contributed by atoms with Gasteiger partial charge in [-0.05, 0) is 47.5 Å². The second kappa shape index (κ2) is 11.0. The fourth-order valence-corrected chi connectivity index (χ4v) is 4.44. The zero-order valence-electron chi connectivity index (χ0n) is 20.5. The number of nitrogens with zero attached hydrogens (tertiary/aromatic N) is 1. The van der Waals surface area contributed by atoms with E-state index >= 15 is 0 Å². The molecule has 1 aliphatic rings. The van der Waals surface area contributed by atoms with Crippen LogP contribution in [-0.4, -0.2) is 31.2 Å². The van der Waals surface area contributed by atoms with Crippen LogP contribution in [0, 0.1) is 0 Å². The third-order valence-corrected chi connectivity index (χ3v) is 6.34. The first kappa shape index (κ1) is 26.2. The van der Waals surface area contributed by atoms with E-state index < -0.39 is 23.2 Å². The van der Waals surface area contributed by atoms with Gasteiger partial charge in [0.05, 0.1) is 30.2 Å². The highest BCUT2D eigenvalue weighted by Crippen LogP contribution is 2.37. The highest BCUT2D eigenvalue weighted by molar-refractivity contribution is 5.97. The summed E-state index contributed by atoms with van der Waals surface area (Å²) in [4.78, 5) is 18.3. The number of amides is 1. The quantitative estimate of drug-likeness (QED) is 0.432. The van der Waals surface area contributed by atoms with E-state index in [0.717, 1.165) is 17.7 Å². The van der Waals surface area contributed by atoms with Crippen molar-refractivity contribution < 1.29 is 27.4 Å². The summed E-state index contributed by atoms with van der Waals surface area (Å²) in [7, 11) is 3.04. The minimum Gasteiger partial charge on any atom is -0.501 e. The number of rotatable bonds is 8. The Balaban J connectivity index is 1.90. The van der Waals surface area contributed by atoms with Crippen molar-refractivity contribution in [2.75, 3.05) is 14.2 Å². The molecule has 1 aliphatic carbocycles. The van der Waals surface area contributed by atoms with Crippen molar-refractivity contribution in [3.63, 3.8) is 0 Å². The van der Waals surface area contributed by atoms with Crippen LogP contribution < -0.4 is 5.32 Å². The number of carbonyl (C=O) groups excluding carboxylic acids is 1. The van der Waals surface area contributed by atoms with Crippen LogP contribution in [-0.2, 0) is 32.4 Å². The van der Waals surface area contributed by atoms with E-state index in [1.807, 2.05) is 30.3 Å². The minimum atomic E-state index is -4.56. The Morgan fingerprint density at radius 1 is 1.00 bits per heavy atom. The number of benzene rings is 2. The first-order valence-corrected chi connectivity index (χ1v) is 11.7. The van der Waals surface area contributed by atoms with Gasteiger partial charge >= 0.3 is 6.18 Å². The average molecular weight is 509 g/mol. The number of hydrogen-bond acceptors (Lipinski definition) is 4. The Hall–Kier alpha value is -3.91. The fraction of sp³-hybridized carbons (Fsp3) is 0.241. The number of ether oxygens (including phenoxy) is 2. The lowest BCUT2D eigenvalue weighted by Crippen LogP contribution is -2.50. The number of alkyl halides is 3. The molecule has 37 heavy (non-hydrogen) atoms. The fourth-order valence-electron chi connectivity index (χ4n) is 4.44. The number of pyridine rings is 1. The first-order valence-electron chi connectivity index (χ1n) is 11.7. The third-order valence-electron chi connectivity index (χ3n) is 6.34. The summed E-state index contributed by atoms with van der Waals surface area (Å²) in [6.45, 7) is 0. The van der Waals surface area contributed by atoms with Gasteiger partial charge in [-0.25, -0.2) is 0 Å². The lowest BCUT2D eigenvalue weighted by molar-refractivity contribution is -0.137. The topological polar surface area (TPSA) is 60.5 Å². The molecule has 0 saturated heterocycles. The van der Waals surface area contributed by atoms with Crippen LogP contribution in [0.4, 0.5) is 13.2 Å². The molecule has 0 saturated carbocycles. The zero-order valence-corrected chi connectivity index (χ0v) is 20.5. The molecule has 0 bridgehead atoms. The first-order chi connectivity index (χ1) is 17.7. The number of halogens is 3. The van der Waals surface area contributed by atoms with Gasteiger partial charge in [-0.2, -0.15) is 13.2 Å². The van der Waals surface area contributed by atoms with E-state index in [0.29, 0.717) is 17.9 Å². The van der Waals surface area contributed by atoms with Crippen molar-refractivity contribution in [3.05, 3.63) is 125 Å². The van der Waals surface area contributed by atoms with Crippen LogP contribution in [0.3, 0.4) is 0 Å². The van der Waals surface area contributed by atoms with Gasteiger partial charge in [0.15, 0.2) is 0 Å². The monoisotopic (exact) mass is 508 g/mol. The van der Waals surface area contributed by atoms with Gasteiger partial charge in [0.25, 0.3) is 5.91 Å². The maximum Gasteiger partial charge on any atom is 0.416 e. The molecule has 0 aliphatic heterocycles. The van der Waals surface area contributed by atoms with Crippen LogP contribution in [0.15, 0.2) is 102 Å². The SMILES string of the molecule is COC1=CC(C(=O)NC(Cc2ccccc2)(c2cccc(C(F)(F)F)c2)c2ccccn2)=CC(OC)C1. The van der Waals surface area contributed by atoms with Gasteiger partial charge in [0, 0.05) is 31.7 Å². The average Bonchev–Trinajstić information content (AvgIpc) is 2.93. The molecule has 0 spiro atoms. The van der Waals surface area contributed by atoms with Crippen molar-refractivity contribution in [2.24, 2.45) is 0 Å². The lowest BCUT2D eigenvalue weighted by atomic mass is 9.79. The van der Waals surface area contributed by atoms with E-state index in [-0.39, 0.29) is 23.7 Å². The van der Waals surface area contributed by atoms with Crippen molar-refractivity contribution in [1.82, 2.24) is 10.3 Å². The van der Waals surface area contributed by atoms with Gasteiger partial charge < -0.3 is 14.8 Å². The maximum absolute atomic E-state index is 13.8. The standard InChI is InChI=1S/C29H27F3N2O3/c1-36-24-15-21(16-25(18-24)37-2)27(35)34-28(26-13-6-7-14-33-26,19-20-9-4-3-5-10-20)22-11-8-12-23(17-22)29(30,31)32/h3-17,24H,18-19H2,1-2H3,(H,34,35). The number of nitrogens with one attached hydrogen (secondary N) is 1. The molecule has 1 N–H and O–H groups in total. The number of hydrogen-bond donors (Lipinski definition) is 1. The molecule has 2 unspecified atom stereocenters. The summed E-state index contributed by atoms with van der Waals surface area (Å²) in [6, 6.07) is 19.4. The van der Waals surface area contributed by atoms with Crippen molar-refractivity contribution in [2.45, 2.75) is 30.7 Å². The second-order valence-electron chi connectivity index (χ2n) is 8.73. The Morgan fingerprint density at radius 3 is 2.38 bits per heavy atom. The second-order valence-corrected chi connectivity index (χ2v) is 8.73. The summed E-state index contributed by atoms with van der Waals surface area (Å²) < 4.78 is 52.1. The highest BCUT2D eigenvalue weighted by atomic mass is 19.4. The Labute approximate surface area is 213 Å². The normalized spacial score (nSPS) is 17.3. The number of methoxy groups -OCH3 is 2. The molecule has 2 aromatic carbocycles. The van der Waals surface area contributed by atoms with Crippen molar-refractivity contribution in [3.8, 4) is 0 Å². The third kappa shape index (κ3) is 5.91. The van der Waals surface area contributed by atoms with Crippen LogP contribution in [0.2, 0.25) is 0 Å². The highest BCUT2D eigenvalue weighted by Gasteiger charge is 2.40. The molecule has 1 aromatic heterocycles. The summed E-state index contributed by atoms with van der Waals surface area (Å²) >= 11 is 0. The zero-order chi connectivity index (χ0) is 26.5. The molecule has 8 heteroatoms. The summed E-state index contributed by atoms with van der Waals surface area (Å²) in [5.74, 6) is 0.0698. The molecular formula is C29H27F3N2O3. The van der Waals surface area contributed by atoms with E-state index in [4.69, 9.17) is 9.47 Å². The van der Waals surface area contributed by atoms with Crippen LogP contribution >= 0.6 is 0 Å². The van der Waals surface area contributed by atoms with E-state index in [1.165, 1.54) is 20.3 Å². The Morgan fingerprint density at radius 2 is 1.73 bits per heavy atom. The summed E-state index contributed by atoms with van der Waals surface area (Å²) in [5, 5.41) is 3.06. The molecule has 5 nitrogen and oxygen atoms in total. The van der Waals surface area contributed by atoms with Crippen LogP contribution in [0.5, 0.6) is 0 Å². The minimum absolute atomic E-state index is 0.166. The molecule has 1 heterocycles. The van der Waals surface area contributed by atoms with Gasteiger partial charge in [-0.1, -0.05) is 48.5 Å². The summed E-state index contributed by atoms with van der Waals surface area (Å²) in [5.41, 5.74) is -0.466. The smallest absolute Gasteiger partial charge is 0.416 e. The van der Waals surface area contributed by atoms with Crippen LogP contribution in [0.1, 0.15) is 28.8 Å². The van der Waals surface area contributed by atoms with E-state index in [9.17, 15) is 18.0 Å². The summed E-state index contributed by atoms with van der Waals surface area (Å²) in [6.07, 6.45) is 0.535. The van der Waals surface area contributed by atoms with E-state index in [1.54, 1.807) is 42.6 Å². The van der Waals surface area contributed by atoms with Gasteiger partial charge in [-0.15, -0.1) is 0 Å². The Bertz CT molecular complexity index is 1290. The molecule has 4 rings (SSSR count). The number of carbonyl (C=O) groups is 1. The molecule has 3 aromatic rings. The lowest BCUT2D eigenvalue weighted by Gasteiger charge is -2.36. The largest absolute Gasteiger partial charge is 0.501 e. The van der Waals surface area contributed by atoms with Crippen molar-refractivity contribution >= 4 is 5.91 Å². The predicted octanol–water partition coefficient (Wildman–Crippen LogP) is 5.58. The molecule has 2 atom stereocenters. The predicted molar refractivity (Wildman–Crippen MR) is 133 cm³/mol. The molecule has 0 fully saturated rings. The maximum atomic E-state index is 13.8. The molecular weight excluding hydrogens is 481 g/mol. The molecule has 1 amide bonds. The van der Waals surface area contributed by atoms with Gasteiger partial charge in [-0.3, -0.25) is 9.78 Å². The van der Waals surface area contributed by atoms with Crippen LogP contribution in [0.25, 0.3) is 0 Å². The molecule has 0 radical (unpaired) electrons. The Kier molecular flexibility index (Phi) is 7.78. The molecule has 192 valence electrons. The number of aromatic nitrogens is 1. The van der Waals surface area contributed by atoms with E-state index in [2.05, 4.69) is 10.3 Å². The van der Waals surface area contributed by atoms with Gasteiger partial charge in [0.1, 0.15) is 5.54 Å². The van der Waals surface area contributed by atoms with Gasteiger partial charge in [0.2, 0.25) is 0 Å².